The summed E-state index contributed by atoms with van der Waals surface area (Å²) in [5.74, 6) is 0. The topological polar surface area (TPSA) is 55.9 Å². The molecule has 1 heterocycles. The molecular weight excluding hydrogens is 212 g/mol. The lowest BCUT2D eigenvalue weighted by Gasteiger charge is -2.16. The van der Waals surface area contributed by atoms with Gasteiger partial charge < -0.3 is 15.6 Å². The van der Waals surface area contributed by atoms with Gasteiger partial charge in [0.05, 0.1) is 17.4 Å². The Kier molecular flexibility index (Phi) is 3.76. The Hall–Kier alpha value is -1.39. The van der Waals surface area contributed by atoms with E-state index >= 15 is 0 Å². The van der Waals surface area contributed by atoms with Gasteiger partial charge in [0.25, 0.3) is 0 Å². The third kappa shape index (κ3) is 2.48. The number of hydrogen-bond acceptors (Lipinski definition) is 3. The van der Waals surface area contributed by atoms with Crippen molar-refractivity contribution in [2.24, 2.45) is 12.8 Å². The van der Waals surface area contributed by atoms with Crippen LogP contribution < -0.4 is 11.1 Å². The van der Waals surface area contributed by atoms with E-state index in [1.165, 1.54) is 11.1 Å². The molecule has 1 unspecified atom stereocenters. The zero-order chi connectivity index (χ0) is 12.3. The Balaban J connectivity index is 2.27. The van der Waals surface area contributed by atoms with Crippen LogP contribution in [0.5, 0.6) is 0 Å². The van der Waals surface area contributed by atoms with Crippen LogP contribution in [0.1, 0.15) is 24.4 Å². The molecule has 1 aromatic heterocycles. The molecule has 0 amide bonds. The maximum atomic E-state index is 5.56. The summed E-state index contributed by atoms with van der Waals surface area (Å²) in [5.41, 5.74) is 9.07. The van der Waals surface area contributed by atoms with Crippen molar-refractivity contribution >= 4 is 11.0 Å². The highest BCUT2D eigenvalue weighted by atomic mass is 15.0. The Labute approximate surface area is 102 Å². The second-order valence-corrected chi connectivity index (χ2v) is 4.38. The van der Waals surface area contributed by atoms with Crippen molar-refractivity contribution in [1.29, 1.82) is 0 Å². The van der Waals surface area contributed by atoms with Gasteiger partial charge >= 0.3 is 0 Å². The first-order valence-electron chi connectivity index (χ1n) is 6.04. The highest BCUT2D eigenvalue weighted by Gasteiger charge is 2.10. The van der Waals surface area contributed by atoms with Crippen molar-refractivity contribution in [3.63, 3.8) is 0 Å². The molecule has 1 atom stereocenters. The lowest BCUT2D eigenvalue weighted by molar-refractivity contribution is 0.531. The molecule has 0 bridgehead atoms. The van der Waals surface area contributed by atoms with Crippen molar-refractivity contribution in [3.05, 3.63) is 30.1 Å². The van der Waals surface area contributed by atoms with Crippen LogP contribution in [0.4, 0.5) is 0 Å². The van der Waals surface area contributed by atoms with Crippen LogP contribution in [-0.4, -0.2) is 23.1 Å². The summed E-state index contributed by atoms with van der Waals surface area (Å²) in [4.78, 5) is 4.39. The number of nitrogens with two attached hydrogens (primary N) is 1. The van der Waals surface area contributed by atoms with E-state index in [9.17, 15) is 0 Å². The summed E-state index contributed by atoms with van der Waals surface area (Å²) in [7, 11) is 4.00. The second-order valence-electron chi connectivity index (χ2n) is 4.38. The minimum absolute atomic E-state index is 0.366. The van der Waals surface area contributed by atoms with E-state index in [0.29, 0.717) is 6.04 Å². The number of imidazole rings is 1. The Morgan fingerprint density at radius 2 is 2.29 bits per heavy atom. The fourth-order valence-corrected chi connectivity index (χ4v) is 2.17. The van der Waals surface area contributed by atoms with Crippen molar-refractivity contribution in [2.45, 2.75) is 18.9 Å². The van der Waals surface area contributed by atoms with Gasteiger partial charge in [-0.25, -0.2) is 4.98 Å². The highest BCUT2D eigenvalue weighted by molar-refractivity contribution is 5.76. The lowest BCUT2D eigenvalue weighted by atomic mass is 10.0. The Bertz CT molecular complexity index is 489. The summed E-state index contributed by atoms with van der Waals surface area (Å²) in [6.07, 6.45) is 3.94. The summed E-state index contributed by atoms with van der Waals surface area (Å²) < 4.78 is 2.04. The number of fused-ring (bicyclic) bond motifs is 1. The van der Waals surface area contributed by atoms with Gasteiger partial charge in [-0.1, -0.05) is 6.07 Å². The number of aryl methyl sites for hydroxylation is 1. The zero-order valence-corrected chi connectivity index (χ0v) is 10.5. The van der Waals surface area contributed by atoms with E-state index in [1.807, 2.05) is 25.0 Å². The Morgan fingerprint density at radius 1 is 1.47 bits per heavy atom. The van der Waals surface area contributed by atoms with Gasteiger partial charge in [-0.2, -0.15) is 0 Å². The third-order valence-electron chi connectivity index (χ3n) is 3.20. The van der Waals surface area contributed by atoms with Gasteiger partial charge in [-0.15, -0.1) is 0 Å². The molecule has 92 valence electrons. The summed E-state index contributed by atoms with van der Waals surface area (Å²) in [6, 6.07) is 6.82. The van der Waals surface area contributed by atoms with E-state index in [2.05, 4.69) is 28.5 Å². The maximum Gasteiger partial charge on any atom is 0.0955 e. The minimum Gasteiger partial charge on any atom is -0.334 e. The fraction of sp³-hybridized carbons (Fsp3) is 0.462. The van der Waals surface area contributed by atoms with Crippen LogP contribution in [0.25, 0.3) is 11.0 Å². The fourth-order valence-electron chi connectivity index (χ4n) is 2.17. The largest absolute Gasteiger partial charge is 0.334 e. The standard InChI is InChI=1S/C13H20N4/c1-15-11(4-3-7-14)10-5-6-13-12(8-10)16-9-17(13)2/h5-6,8-9,11,15H,3-4,7,14H2,1-2H3. The summed E-state index contributed by atoms with van der Waals surface area (Å²) >= 11 is 0. The minimum atomic E-state index is 0.366. The van der Waals surface area contributed by atoms with E-state index in [1.54, 1.807) is 0 Å². The SMILES string of the molecule is CNC(CCCN)c1ccc2c(c1)ncn2C. The smallest absolute Gasteiger partial charge is 0.0955 e. The van der Waals surface area contributed by atoms with Crippen molar-refractivity contribution in [1.82, 2.24) is 14.9 Å². The molecule has 0 aliphatic carbocycles. The molecule has 0 aliphatic rings. The predicted octanol–water partition coefficient (Wildman–Crippen LogP) is 1.57. The molecule has 0 fully saturated rings. The molecule has 4 heteroatoms. The number of hydrogen-bond donors (Lipinski definition) is 2. The molecular formula is C13H20N4. The van der Waals surface area contributed by atoms with Crippen LogP contribution in [0.15, 0.2) is 24.5 Å². The lowest BCUT2D eigenvalue weighted by Crippen LogP contribution is -2.17. The molecule has 0 aliphatic heterocycles. The van der Waals surface area contributed by atoms with Crippen LogP contribution in [0.2, 0.25) is 0 Å². The molecule has 0 saturated heterocycles. The molecule has 0 radical (unpaired) electrons. The van der Waals surface area contributed by atoms with Gasteiger partial charge in [-0.3, -0.25) is 0 Å². The number of rotatable bonds is 5. The van der Waals surface area contributed by atoms with Crippen molar-refractivity contribution < 1.29 is 0 Å². The van der Waals surface area contributed by atoms with Gasteiger partial charge in [0.15, 0.2) is 0 Å². The third-order valence-corrected chi connectivity index (χ3v) is 3.20. The molecule has 17 heavy (non-hydrogen) atoms. The predicted molar refractivity (Wildman–Crippen MR) is 70.8 cm³/mol. The van der Waals surface area contributed by atoms with Crippen LogP contribution in [0.3, 0.4) is 0 Å². The monoisotopic (exact) mass is 232 g/mol. The molecule has 2 aromatic rings. The van der Waals surface area contributed by atoms with Gasteiger partial charge in [0.1, 0.15) is 0 Å². The first kappa shape index (κ1) is 12.1. The number of nitrogens with zero attached hydrogens (tertiary/aromatic N) is 2. The van der Waals surface area contributed by atoms with Crippen LogP contribution >= 0.6 is 0 Å². The average molecular weight is 232 g/mol. The van der Waals surface area contributed by atoms with E-state index in [0.717, 1.165) is 24.9 Å². The zero-order valence-electron chi connectivity index (χ0n) is 10.5. The number of nitrogens with one attached hydrogen (secondary N) is 1. The maximum absolute atomic E-state index is 5.56. The van der Waals surface area contributed by atoms with Crippen molar-refractivity contribution in [3.8, 4) is 0 Å². The van der Waals surface area contributed by atoms with Gasteiger partial charge in [-0.05, 0) is 44.1 Å². The highest BCUT2D eigenvalue weighted by Crippen LogP contribution is 2.22. The van der Waals surface area contributed by atoms with Crippen molar-refractivity contribution in [2.75, 3.05) is 13.6 Å². The van der Waals surface area contributed by atoms with E-state index in [4.69, 9.17) is 5.73 Å². The number of benzene rings is 1. The first-order valence-corrected chi connectivity index (χ1v) is 6.04. The van der Waals surface area contributed by atoms with Crippen LogP contribution in [-0.2, 0) is 7.05 Å². The molecule has 0 saturated carbocycles. The normalized spacial score (nSPS) is 13.1. The molecule has 4 nitrogen and oxygen atoms in total. The average Bonchev–Trinajstić information content (AvgIpc) is 2.72. The molecule has 3 N–H and O–H groups in total. The van der Waals surface area contributed by atoms with E-state index < -0.39 is 0 Å². The van der Waals surface area contributed by atoms with Gasteiger partial charge in [0.2, 0.25) is 0 Å². The second kappa shape index (κ2) is 5.29. The molecule has 2 rings (SSSR count). The van der Waals surface area contributed by atoms with Gasteiger partial charge in [0, 0.05) is 13.1 Å². The van der Waals surface area contributed by atoms with E-state index in [-0.39, 0.29) is 0 Å². The quantitative estimate of drug-likeness (QED) is 0.822. The molecule has 1 aromatic carbocycles. The Morgan fingerprint density at radius 3 is 3.00 bits per heavy atom. The van der Waals surface area contributed by atoms with Crippen LogP contribution in [0, 0.1) is 0 Å². The molecule has 0 spiro atoms. The summed E-state index contributed by atoms with van der Waals surface area (Å²) in [6.45, 7) is 0.740. The first-order chi connectivity index (χ1) is 8.26. The number of aromatic nitrogens is 2. The summed E-state index contributed by atoms with van der Waals surface area (Å²) in [5, 5.41) is 3.33.